The summed E-state index contributed by atoms with van der Waals surface area (Å²) in [5.41, 5.74) is -1.30. The van der Waals surface area contributed by atoms with Crippen LogP contribution < -0.4 is 4.74 Å². The van der Waals surface area contributed by atoms with Gasteiger partial charge in [0.25, 0.3) is 0 Å². The van der Waals surface area contributed by atoms with Gasteiger partial charge in [0.2, 0.25) is 0 Å². The van der Waals surface area contributed by atoms with E-state index in [-0.39, 0.29) is 35.1 Å². The van der Waals surface area contributed by atoms with Gasteiger partial charge < -0.3 is 14.2 Å². The molecule has 1 unspecified atom stereocenters. The van der Waals surface area contributed by atoms with Crippen molar-refractivity contribution in [3.63, 3.8) is 0 Å². The van der Waals surface area contributed by atoms with E-state index >= 15 is 0 Å². The fourth-order valence-electron chi connectivity index (χ4n) is 2.69. The van der Waals surface area contributed by atoms with Gasteiger partial charge in [0.05, 0.1) is 27.3 Å². The fourth-order valence-corrected chi connectivity index (χ4v) is 3.13. The Kier molecular flexibility index (Phi) is 6.55. The number of halogens is 6. The number of hydrogen-bond acceptors (Lipinski definition) is 4. The third-order valence-electron chi connectivity index (χ3n) is 4.13. The van der Waals surface area contributed by atoms with Crippen molar-refractivity contribution >= 4 is 29.2 Å². The molecule has 4 nitrogen and oxygen atoms in total. The maximum atomic E-state index is 14.1. The average molecular weight is 453 g/mol. The number of hydrogen-bond donors (Lipinski definition) is 0. The minimum Gasteiger partial charge on any atom is -0.459 e. The second-order valence-electron chi connectivity index (χ2n) is 6.24. The Balaban J connectivity index is 1.78. The van der Waals surface area contributed by atoms with Crippen LogP contribution in [0.5, 0.6) is 11.5 Å². The molecule has 29 heavy (non-hydrogen) atoms. The lowest BCUT2D eigenvalue weighted by Crippen LogP contribution is -2.18. The minimum absolute atomic E-state index is 0.0504. The van der Waals surface area contributed by atoms with Gasteiger partial charge in [-0.15, -0.1) is 0 Å². The van der Waals surface area contributed by atoms with Crippen LogP contribution in [0.1, 0.15) is 28.8 Å². The standard InChI is InChI=1S/C19H14Cl2F4O4/c20-14-4-3-11(8-13(14)18(26)28-9-12-2-1-5-27-12)29-17-15(21)6-10(7-16(17)22)19(23,24)25/h3-4,6-8,12H,1-2,5,9H2. The summed E-state index contributed by atoms with van der Waals surface area (Å²) < 4.78 is 68.1. The van der Waals surface area contributed by atoms with Crippen molar-refractivity contribution in [2.45, 2.75) is 25.1 Å². The van der Waals surface area contributed by atoms with Crippen LogP contribution in [0.3, 0.4) is 0 Å². The smallest absolute Gasteiger partial charge is 0.416 e. The first-order chi connectivity index (χ1) is 13.6. The van der Waals surface area contributed by atoms with E-state index in [9.17, 15) is 22.4 Å². The van der Waals surface area contributed by atoms with Gasteiger partial charge in [-0.2, -0.15) is 13.2 Å². The SMILES string of the molecule is O=C(OCC1CCCO1)c1cc(Oc2c(F)cc(C(F)(F)F)cc2Cl)ccc1Cl. The van der Waals surface area contributed by atoms with E-state index in [0.717, 1.165) is 12.8 Å². The predicted molar refractivity (Wildman–Crippen MR) is 97.2 cm³/mol. The van der Waals surface area contributed by atoms with E-state index in [2.05, 4.69) is 0 Å². The summed E-state index contributed by atoms with van der Waals surface area (Å²) in [4.78, 5) is 12.3. The molecule has 0 aliphatic carbocycles. The Morgan fingerprint density at radius 3 is 2.55 bits per heavy atom. The molecule has 10 heteroatoms. The van der Waals surface area contributed by atoms with Crippen LogP contribution in [0.2, 0.25) is 10.0 Å². The first kappa shape index (κ1) is 21.7. The maximum Gasteiger partial charge on any atom is 0.416 e. The molecular weight excluding hydrogens is 439 g/mol. The zero-order valence-corrected chi connectivity index (χ0v) is 16.2. The second kappa shape index (κ2) is 8.77. The van der Waals surface area contributed by atoms with E-state index in [1.165, 1.54) is 18.2 Å². The molecule has 0 spiro atoms. The topological polar surface area (TPSA) is 44.8 Å². The first-order valence-electron chi connectivity index (χ1n) is 8.47. The van der Waals surface area contributed by atoms with Crippen molar-refractivity contribution in [3.8, 4) is 11.5 Å². The van der Waals surface area contributed by atoms with Crippen LogP contribution in [0.25, 0.3) is 0 Å². The molecule has 1 fully saturated rings. The highest BCUT2D eigenvalue weighted by molar-refractivity contribution is 6.33. The number of benzene rings is 2. The Morgan fingerprint density at radius 1 is 1.17 bits per heavy atom. The van der Waals surface area contributed by atoms with Gasteiger partial charge in [-0.1, -0.05) is 23.2 Å². The molecule has 1 atom stereocenters. The summed E-state index contributed by atoms with van der Waals surface area (Å²) in [5, 5.41) is -0.511. The van der Waals surface area contributed by atoms with Gasteiger partial charge in [0.1, 0.15) is 12.4 Å². The fraction of sp³-hybridized carbons (Fsp3) is 0.316. The molecule has 0 amide bonds. The van der Waals surface area contributed by atoms with E-state index in [4.69, 9.17) is 37.4 Å². The second-order valence-corrected chi connectivity index (χ2v) is 7.06. The number of carbonyl (C=O) groups is 1. The molecule has 0 radical (unpaired) electrons. The van der Waals surface area contributed by atoms with Crippen LogP contribution >= 0.6 is 23.2 Å². The lowest BCUT2D eigenvalue weighted by Gasteiger charge is -2.14. The highest BCUT2D eigenvalue weighted by Crippen LogP contribution is 2.39. The molecular formula is C19H14Cl2F4O4. The Labute approximate surface area is 173 Å². The van der Waals surface area contributed by atoms with Gasteiger partial charge in [-0.05, 0) is 43.2 Å². The van der Waals surface area contributed by atoms with Crippen LogP contribution in [0.15, 0.2) is 30.3 Å². The van der Waals surface area contributed by atoms with Crippen LogP contribution in [0, 0.1) is 5.82 Å². The van der Waals surface area contributed by atoms with E-state index in [1.54, 1.807) is 0 Å². The highest BCUT2D eigenvalue weighted by atomic mass is 35.5. The van der Waals surface area contributed by atoms with Gasteiger partial charge in [0, 0.05) is 6.61 Å². The van der Waals surface area contributed by atoms with Crippen molar-refractivity contribution in [1.29, 1.82) is 0 Å². The average Bonchev–Trinajstić information content (AvgIpc) is 3.16. The molecule has 0 saturated carbocycles. The molecule has 3 rings (SSSR count). The number of alkyl halides is 3. The predicted octanol–water partition coefficient (Wildman–Crippen LogP) is 6.28. The van der Waals surface area contributed by atoms with Crippen LogP contribution in [-0.4, -0.2) is 25.3 Å². The van der Waals surface area contributed by atoms with Crippen molar-refractivity contribution in [2.24, 2.45) is 0 Å². The molecule has 1 aliphatic rings. The van der Waals surface area contributed by atoms with Crippen molar-refractivity contribution in [3.05, 3.63) is 57.3 Å². The van der Waals surface area contributed by atoms with E-state index in [1.807, 2.05) is 0 Å². The Bertz CT molecular complexity index is 889. The molecule has 0 aromatic heterocycles. The largest absolute Gasteiger partial charge is 0.459 e. The number of ether oxygens (including phenoxy) is 3. The molecule has 2 aromatic rings. The highest BCUT2D eigenvalue weighted by Gasteiger charge is 2.32. The number of esters is 1. The zero-order valence-electron chi connectivity index (χ0n) is 14.7. The van der Waals surface area contributed by atoms with Crippen molar-refractivity contribution in [2.75, 3.05) is 13.2 Å². The van der Waals surface area contributed by atoms with E-state index in [0.29, 0.717) is 12.7 Å². The summed E-state index contributed by atoms with van der Waals surface area (Å²) >= 11 is 11.8. The summed E-state index contributed by atoms with van der Waals surface area (Å²) in [7, 11) is 0. The normalized spacial score (nSPS) is 16.7. The molecule has 156 valence electrons. The van der Waals surface area contributed by atoms with E-state index < -0.39 is 34.3 Å². The Hall–Kier alpha value is -2.03. The lowest BCUT2D eigenvalue weighted by atomic mass is 10.2. The molecule has 1 aliphatic heterocycles. The van der Waals surface area contributed by atoms with Gasteiger partial charge in [-0.3, -0.25) is 0 Å². The van der Waals surface area contributed by atoms with Crippen molar-refractivity contribution < 1.29 is 36.6 Å². The number of carbonyl (C=O) groups excluding carboxylic acids is 1. The summed E-state index contributed by atoms with van der Waals surface area (Å²) in [6.45, 7) is 0.658. The summed E-state index contributed by atoms with van der Waals surface area (Å²) in [6.07, 6.45) is -3.29. The third kappa shape index (κ3) is 5.32. The Morgan fingerprint density at radius 2 is 1.93 bits per heavy atom. The number of rotatable bonds is 5. The zero-order chi connectivity index (χ0) is 21.2. The van der Waals surface area contributed by atoms with Gasteiger partial charge in [0.15, 0.2) is 11.6 Å². The van der Waals surface area contributed by atoms with Gasteiger partial charge >= 0.3 is 12.1 Å². The van der Waals surface area contributed by atoms with Crippen LogP contribution in [0.4, 0.5) is 17.6 Å². The molecule has 0 N–H and O–H groups in total. The quantitative estimate of drug-likeness (QED) is 0.395. The van der Waals surface area contributed by atoms with Crippen LogP contribution in [-0.2, 0) is 15.7 Å². The molecule has 0 bridgehead atoms. The maximum absolute atomic E-state index is 14.1. The first-order valence-corrected chi connectivity index (χ1v) is 9.23. The summed E-state index contributed by atoms with van der Waals surface area (Å²) in [6, 6.07) is 4.64. The molecule has 1 saturated heterocycles. The summed E-state index contributed by atoms with van der Waals surface area (Å²) in [5.74, 6) is -2.71. The van der Waals surface area contributed by atoms with Gasteiger partial charge in [-0.25, -0.2) is 9.18 Å². The lowest BCUT2D eigenvalue weighted by molar-refractivity contribution is -0.137. The minimum atomic E-state index is -4.76. The molecule has 2 aromatic carbocycles. The molecule has 1 heterocycles. The van der Waals surface area contributed by atoms with Crippen molar-refractivity contribution in [1.82, 2.24) is 0 Å². The monoisotopic (exact) mass is 452 g/mol. The third-order valence-corrected chi connectivity index (χ3v) is 4.74.